The molecule has 184 valence electrons. The summed E-state index contributed by atoms with van der Waals surface area (Å²) in [6, 6.07) is 4.45. The molecule has 5 rings (SSSR count). The van der Waals surface area contributed by atoms with Crippen molar-refractivity contribution in [1.82, 2.24) is 29.7 Å². The van der Waals surface area contributed by atoms with Crippen LogP contribution in [-0.4, -0.2) is 56.5 Å². The van der Waals surface area contributed by atoms with Crippen molar-refractivity contribution in [2.24, 2.45) is 7.05 Å². The number of anilines is 1. The second-order valence-corrected chi connectivity index (χ2v) is 10.2. The number of rotatable bonds is 7. The molecule has 0 saturated carbocycles. The molecule has 4 aromatic rings. The van der Waals surface area contributed by atoms with Gasteiger partial charge in [0.25, 0.3) is 0 Å². The van der Waals surface area contributed by atoms with Gasteiger partial charge in [0.05, 0.1) is 12.4 Å². The highest BCUT2D eigenvalue weighted by Gasteiger charge is 2.20. The average Bonchev–Trinajstić information content (AvgIpc) is 3.43. The lowest BCUT2D eigenvalue weighted by Crippen LogP contribution is -2.33. The average molecular weight is 496 g/mol. The summed E-state index contributed by atoms with van der Waals surface area (Å²) in [5.74, 6) is 0.202. The van der Waals surface area contributed by atoms with Gasteiger partial charge in [0.1, 0.15) is 32.2 Å². The number of nitrogens with zero attached hydrogens (tertiary/aromatic N) is 5. The molecule has 0 spiro atoms. The van der Waals surface area contributed by atoms with Crippen molar-refractivity contribution < 1.29 is 9.18 Å². The first kappa shape index (κ1) is 23.6. The Hall–Kier alpha value is -3.11. The standard InChI is InChI=1S/C25H30FN7OS/c1-15(29-16(2)34)18-13-17(7-8-19(18)26)24-30-21-22-20(28-14-32(22)3)23(31-25(21)35-24)27-9-12-33-10-5-4-6-11-33/h7-8,13-15H,4-6,9-12H2,1-3H3,(H,27,31)(H,29,34). The third-order valence-corrected chi connectivity index (χ3v) is 7.50. The lowest BCUT2D eigenvalue weighted by atomic mass is 10.0. The van der Waals surface area contributed by atoms with Crippen molar-refractivity contribution in [3.8, 4) is 10.6 Å². The Labute approximate surface area is 207 Å². The molecule has 1 atom stereocenters. The van der Waals surface area contributed by atoms with Gasteiger partial charge < -0.3 is 20.1 Å². The predicted molar refractivity (Wildman–Crippen MR) is 138 cm³/mol. The number of fused-ring (bicyclic) bond motifs is 3. The van der Waals surface area contributed by atoms with E-state index in [0.29, 0.717) is 5.56 Å². The predicted octanol–water partition coefficient (Wildman–Crippen LogP) is 4.48. The number of carbonyl (C=O) groups is 1. The van der Waals surface area contributed by atoms with Gasteiger partial charge in [-0.15, -0.1) is 0 Å². The first-order valence-corrected chi connectivity index (χ1v) is 12.9. The van der Waals surface area contributed by atoms with Crippen LogP contribution in [0.4, 0.5) is 10.2 Å². The monoisotopic (exact) mass is 495 g/mol. The molecule has 0 aliphatic carbocycles. The van der Waals surface area contributed by atoms with Crippen molar-refractivity contribution in [2.75, 3.05) is 31.5 Å². The smallest absolute Gasteiger partial charge is 0.217 e. The maximum Gasteiger partial charge on any atom is 0.217 e. The van der Waals surface area contributed by atoms with E-state index in [1.54, 1.807) is 25.4 Å². The first-order valence-electron chi connectivity index (χ1n) is 12.1. The largest absolute Gasteiger partial charge is 0.367 e. The van der Waals surface area contributed by atoms with Crippen LogP contribution in [0.5, 0.6) is 0 Å². The maximum atomic E-state index is 14.5. The number of carbonyl (C=O) groups excluding carboxylic acids is 1. The van der Waals surface area contributed by atoms with E-state index in [0.717, 1.165) is 63.9 Å². The topological polar surface area (TPSA) is 88.0 Å². The quantitative estimate of drug-likeness (QED) is 0.393. The van der Waals surface area contributed by atoms with Crippen LogP contribution in [0.15, 0.2) is 24.5 Å². The zero-order valence-electron chi connectivity index (χ0n) is 20.3. The van der Waals surface area contributed by atoms with Crippen LogP contribution in [0.1, 0.15) is 44.7 Å². The van der Waals surface area contributed by atoms with Gasteiger partial charge in [-0.1, -0.05) is 17.8 Å². The van der Waals surface area contributed by atoms with Crippen LogP contribution in [0.3, 0.4) is 0 Å². The zero-order valence-corrected chi connectivity index (χ0v) is 21.1. The van der Waals surface area contributed by atoms with Crippen LogP contribution in [0, 0.1) is 5.82 Å². The molecule has 1 amide bonds. The number of halogens is 1. The van der Waals surface area contributed by atoms with Crippen molar-refractivity contribution in [3.63, 3.8) is 0 Å². The fourth-order valence-corrected chi connectivity index (χ4v) is 5.67. The molecule has 2 N–H and O–H groups in total. The van der Waals surface area contributed by atoms with Gasteiger partial charge in [-0.05, 0) is 51.1 Å². The fourth-order valence-electron chi connectivity index (χ4n) is 4.73. The van der Waals surface area contributed by atoms with Crippen molar-refractivity contribution >= 4 is 44.4 Å². The Bertz CT molecular complexity index is 1380. The van der Waals surface area contributed by atoms with Gasteiger partial charge in [-0.25, -0.2) is 19.3 Å². The molecule has 1 fully saturated rings. The molecule has 1 aliphatic heterocycles. The number of nitrogens with one attached hydrogen (secondary N) is 2. The molecule has 1 saturated heterocycles. The molecule has 1 aliphatic rings. The summed E-state index contributed by atoms with van der Waals surface area (Å²) in [6.07, 6.45) is 5.65. The Morgan fingerprint density at radius 3 is 2.77 bits per heavy atom. The third-order valence-electron chi connectivity index (χ3n) is 6.51. The molecule has 3 aromatic heterocycles. The van der Waals surface area contributed by atoms with Crippen LogP contribution >= 0.6 is 11.3 Å². The number of likely N-dealkylation sites (tertiary alicyclic amines) is 1. The van der Waals surface area contributed by atoms with Gasteiger partial charge >= 0.3 is 0 Å². The normalized spacial score (nSPS) is 15.5. The summed E-state index contributed by atoms with van der Waals surface area (Å²) in [6.45, 7) is 7.29. The molecule has 35 heavy (non-hydrogen) atoms. The number of aromatic nitrogens is 4. The highest BCUT2D eigenvalue weighted by atomic mass is 32.1. The molecule has 10 heteroatoms. The minimum atomic E-state index is -0.445. The van der Waals surface area contributed by atoms with Crippen molar-refractivity contribution in [2.45, 2.75) is 39.2 Å². The second kappa shape index (κ2) is 9.87. The lowest BCUT2D eigenvalue weighted by molar-refractivity contribution is -0.119. The summed E-state index contributed by atoms with van der Waals surface area (Å²) < 4.78 is 16.5. The number of hydrogen-bond donors (Lipinski definition) is 2. The van der Waals surface area contributed by atoms with Gasteiger partial charge in [0, 0.05) is 38.2 Å². The molecular formula is C25H30FN7OS. The van der Waals surface area contributed by atoms with E-state index in [9.17, 15) is 9.18 Å². The van der Waals surface area contributed by atoms with Crippen LogP contribution in [0.25, 0.3) is 32.0 Å². The highest BCUT2D eigenvalue weighted by Crippen LogP contribution is 2.36. The third kappa shape index (κ3) is 4.85. The summed E-state index contributed by atoms with van der Waals surface area (Å²) in [5, 5.41) is 7.00. The number of hydrogen-bond acceptors (Lipinski definition) is 7. The lowest BCUT2D eigenvalue weighted by Gasteiger charge is -2.26. The number of aryl methyl sites for hydroxylation is 1. The molecule has 8 nitrogen and oxygen atoms in total. The number of thiazole rings is 1. The van der Waals surface area contributed by atoms with Gasteiger partial charge in [0.15, 0.2) is 5.82 Å². The fraction of sp³-hybridized carbons (Fsp3) is 0.440. The Morgan fingerprint density at radius 1 is 1.20 bits per heavy atom. The number of amides is 1. The van der Waals surface area contributed by atoms with E-state index in [1.807, 2.05) is 11.6 Å². The molecule has 1 aromatic carbocycles. The molecule has 1 unspecified atom stereocenters. The Balaban J connectivity index is 1.47. The van der Waals surface area contributed by atoms with E-state index in [2.05, 4.69) is 20.5 Å². The number of benzene rings is 1. The van der Waals surface area contributed by atoms with Gasteiger partial charge in [0.2, 0.25) is 5.91 Å². The van der Waals surface area contributed by atoms with Crippen LogP contribution in [0.2, 0.25) is 0 Å². The molecular weight excluding hydrogens is 465 g/mol. The highest BCUT2D eigenvalue weighted by molar-refractivity contribution is 7.21. The summed E-state index contributed by atoms with van der Waals surface area (Å²) in [7, 11) is 1.95. The second-order valence-electron chi connectivity index (χ2n) is 9.17. The number of piperidine rings is 1. The minimum absolute atomic E-state index is 0.203. The molecule has 0 radical (unpaired) electrons. The molecule has 0 bridgehead atoms. The summed E-state index contributed by atoms with van der Waals surface area (Å²) in [5.41, 5.74) is 3.72. The summed E-state index contributed by atoms with van der Waals surface area (Å²) >= 11 is 1.47. The van der Waals surface area contributed by atoms with Crippen molar-refractivity contribution in [1.29, 1.82) is 0 Å². The Kier molecular flexibility index (Phi) is 6.66. The van der Waals surface area contributed by atoms with E-state index in [4.69, 9.17) is 9.97 Å². The van der Waals surface area contributed by atoms with Gasteiger partial charge in [-0.2, -0.15) is 0 Å². The number of pyridine rings is 1. The van der Waals surface area contributed by atoms with Gasteiger partial charge in [-0.3, -0.25) is 4.79 Å². The van der Waals surface area contributed by atoms with E-state index in [-0.39, 0.29) is 11.7 Å². The minimum Gasteiger partial charge on any atom is -0.367 e. The number of imidazole rings is 1. The zero-order chi connectivity index (χ0) is 24.5. The summed E-state index contributed by atoms with van der Waals surface area (Å²) in [4.78, 5) is 29.1. The SMILES string of the molecule is CC(=O)NC(C)c1cc(-c2nc3c(nc(NCCN4CCCCC4)c4ncn(C)c43)s2)ccc1F. The van der Waals surface area contributed by atoms with E-state index >= 15 is 0 Å². The van der Waals surface area contributed by atoms with Crippen LogP contribution < -0.4 is 10.6 Å². The first-order chi connectivity index (χ1) is 16.9. The van der Waals surface area contributed by atoms with Crippen molar-refractivity contribution in [3.05, 3.63) is 35.9 Å². The van der Waals surface area contributed by atoms with Crippen LogP contribution in [-0.2, 0) is 11.8 Å². The maximum absolute atomic E-state index is 14.5. The Morgan fingerprint density at radius 2 is 2.00 bits per heavy atom. The molecule has 4 heterocycles. The van der Waals surface area contributed by atoms with E-state index in [1.165, 1.54) is 43.6 Å². The van der Waals surface area contributed by atoms with E-state index < -0.39 is 6.04 Å².